The van der Waals surface area contributed by atoms with Crippen molar-refractivity contribution in [2.75, 3.05) is 26.7 Å². The van der Waals surface area contributed by atoms with Gasteiger partial charge in [0.25, 0.3) is 0 Å². The molecule has 1 aliphatic heterocycles. The second-order valence-corrected chi connectivity index (χ2v) is 7.59. The maximum absolute atomic E-state index is 13.7. The van der Waals surface area contributed by atoms with Crippen LogP contribution in [-0.2, 0) is 13.0 Å². The maximum Gasteiger partial charge on any atom is 0.191 e. The van der Waals surface area contributed by atoms with Crippen molar-refractivity contribution in [3.05, 3.63) is 57.8 Å². The van der Waals surface area contributed by atoms with Gasteiger partial charge in [-0.05, 0) is 53.3 Å². The Morgan fingerprint density at radius 2 is 2.07 bits per heavy atom. The number of benzene rings is 1. The lowest BCUT2D eigenvalue weighted by Crippen LogP contribution is -2.48. The fraction of sp³-hybridized carbons (Fsp3) is 0.450. The molecule has 27 heavy (non-hydrogen) atoms. The summed E-state index contributed by atoms with van der Waals surface area (Å²) in [6.07, 6.45) is 2.61. The van der Waals surface area contributed by atoms with Gasteiger partial charge in [0, 0.05) is 45.3 Å². The molecule has 2 heterocycles. The third-order valence-corrected chi connectivity index (χ3v) is 5.57. The molecule has 1 saturated heterocycles. The standard InChI is InChI=1S/C20H26F2N4S/c1-23-20(24-8-4-16-2-3-17(21)12-19(16)22)25-18-5-9-26(10-6-18)13-15-7-11-27-14-15/h2-3,7,11-12,14,18H,4-6,8-10,13H2,1H3,(H2,23,24,25). The van der Waals surface area contributed by atoms with Gasteiger partial charge >= 0.3 is 0 Å². The lowest BCUT2D eigenvalue weighted by atomic mass is 10.0. The molecule has 1 aliphatic rings. The van der Waals surface area contributed by atoms with Crippen LogP contribution in [0.3, 0.4) is 0 Å². The number of guanidine groups is 1. The van der Waals surface area contributed by atoms with Crippen LogP contribution in [0.2, 0.25) is 0 Å². The van der Waals surface area contributed by atoms with Crippen molar-refractivity contribution < 1.29 is 8.78 Å². The fourth-order valence-electron chi connectivity index (χ4n) is 3.30. The van der Waals surface area contributed by atoms with Crippen molar-refractivity contribution in [1.82, 2.24) is 15.5 Å². The summed E-state index contributed by atoms with van der Waals surface area (Å²) in [6.45, 7) is 3.68. The number of nitrogens with zero attached hydrogens (tertiary/aromatic N) is 2. The van der Waals surface area contributed by atoms with Gasteiger partial charge in [0.05, 0.1) is 0 Å². The first-order valence-electron chi connectivity index (χ1n) is 9.28. The molecule has 2 aromatic rings. The summed E-state index contributed by atoms with van der Waals surface area (Å²) in [7, 11) is 1.74. The van der Waals surface area contributed by atoms with E-state index in [1.54, 1.807) is 18.4 Å². The molecule has 0 aliphatic carbocycles. The molecule has 0 radical (unpaired) electrons. The zero-order valence-electron chi connectivity index (χ0n) is 15.5. The maximum atomic E-state index is 13.7. The zero-order valence-corrected chi connectivity index (χ0v) is 16.4. The minimum atomic E-state index is -0.549. The Bertz CT molecular complexity index is 740. The molecule has 1 aromatic heterocycles. The normalized spacial score (nSPS) is 16.5. The Morgan fingerprint density at radius 3 is 2.74 bits per heavy atom. The van der Waals surface area contributed by atoms with Crippen LogP contribution in [0.4, 0.5) is 8.78 Å². The van der Waals surface area contributed by atoms with E-state index in [0.717, 1.165) is 44.5 Å². The summed E-state index contributed by atoms with van der Waals surface area (Å²) < 4.78 is 26.6. The van der Waals surface area contributed by atoms with Crippen LogP contribution < -0.4 is 10.6 Å². The number of hydrogen-bond acceptors (Lipinski definition) is 3. The van der Waals surface area contributed by atoms with Crippen molar-refractivity contribution >= 4 is 17.3 Å². The van der Waals surface area contributed by atoms with Gasteiger partial charge in [-0.15, -0.1) is 0 Å². The van der Waals surface area contributed by atoms with Gasteiger partial charge in [0.2, 0.25) is 0 Å². The quantitative estimate of drug-likeness (QED) is 0.585. The average Bonchev–Trinajstić information content (AvgIpc) is 3.17. The molecule has 0 saturated carbocycles. The summed E-state index contributed by atoms with van der Waals surface area (Å²) >= 11 is 1.74. The SMILES string of the molecule is CN=C(NCCc1ccc(F)cc1F)NC1CCN(Cc2ccsc2)CC1. The van der Waals surface area contributed by atoms with Crippen molar-refractivity contribution in [3.63, 3.8) is 0 Å². The predicted octanol–water partition coefficient (Wildman–Crippen LogP) is 3.40. The highest BCUT2D eigenvalue weighted by Crippen LogP contribution is 2.15. The summed E-state index contributed by atoms with van der Waals surface area (Å²) in [5, 5.41) is 11.0. The molecule has 146 valence electrons. The summed E-state index contributed by atoms with van der Waals surface area (Å²) in [5.41, 5.74) is 1.89. The molecule has 7 heteroatoms. The van der Waals surface area contributed by atoms with E-state index in [-0.39, 0.29) is 0 Å². The van der Waals surface area contributed by atoms with Gasteiger partial charge < -0.3 is 10.6 Å². The summed E-state index contributed by atoms with van der Waals surface area (Å²) in [5.74, 6) is -0.321. The molecule has 0 spiro atoms. The van der Waals surface area contributed by atoms with Gasteiger partial charge in [0.1, 0.15) is 11.6 Å². The Morgan fingerprint density at radius 1 is 1.26 bits per heavy atom. The van der Waals surface area contributed by atoms with E-state index < -0.39 is 11.6 Å². The van der Waals surface area contributed by atoms with E-state index in [1.165, 1.54) is 17.7 Å². The molecule has 0 unspecified atom stereocenters. The summed E-state index contributed by atoms with van der Waals surface area (Å²) in [6, 6.07) is 6.27. The van der Waals surface area contributed by atoms with E-state index >= 15 is 0 Å². The van der Waals surface area contributed by atoms with Crippen LogP contribution in [0.5, 0.6) is 0 Å². The van der Waals surface area contributed by atoms with Crippen molar-refractivity contribution in [1.29, 1.82) is 0 Å². The number of thiophene rings is 1. The fourth-order valence-corrected chi connectivity index (χ4v) is 3.96. The number of halogens is 2. The van der Waals surface area contributed by atoms with Crippen molar-refractivity contribution in [3.8, 4) is 0 Å². The predicted molar refractivity (Wildman–Crippen MR) is 107 cm³/mol. The number of aliphatic imine (C=N–C) groups is 1. The van der Waals surface area contributed by atoms with Crippen LogP contribution in [0.15, 0.2) is 40.0 Å². The van der Waals surface area contributed by atoms with Crippen LogP contribution in [0, 0.1) is 11.6 Å². The highest BCUT2D eigenvalue weighted by molar-refractivity contribution is 7.07. The lowest BCUT2D eigenvalue weighted by molar-refractivity contribution is 0.198. The van der Waals surface area contributed by atoms with E-state index in [4.69, 9.17) is 0 Å². The Kier molecular flexibility index (Phi) is 7.18. The third kappa shape index (κ3) is 6.01. The first-order chi connectivity index (χ1) is 13.1. The molecule has 3 rings (SSSR count). The Balaban J connectivity index is 1.39. The van der Waals surface area contributed by atoms with Crippen molar-refractivity contribution in [2.45, 2.75) is 31.8 Å². The second-order valence-electron chi connectivity index (χ2n) is 6.81. The monoisotopic (exact) mass is 392 g/mol. The molecule has 1 aromatic carbocycles. The Labute approximate surface area is 163 Å². The minimum Gasteiger partial charge on any atom is -0.356 e. The largest absolute Gasteiger partial charge is 0.356 e. The molecule has 4 nitrogen and oxygen atoms in total. The van der Waals surface area contributed by atoms with Gasteiger partial charge in [-0.3, -0.25) is 9.89 Å². The van der Waals surface area contributed by atoms with Crippen LogP contribution in [0.25, 0.3) is 0 Å². The van der Waals surface area contributed by atoms with E-state index in [0.29, 0.717) is 24.6 Å². The number of nitrogens with one attached hydrogen (secondary N) is 2. The number of rotatable bonds is 6. The average molecular weight is 393 g/mol. The van der Waals surface area contributed by atoms with Crippen LogP contribution >= 0.6 is 11.3 Å². The number of likely N-dealkylation sites (tertiary alicyclic amines) is 1. The highest BCUT2D eigenvalue weighted by Gasteiger charge is 2.20. The minimum absolute atomic E-state index is 0.387. The second kappa shape index (κ2) is 9.80. The van der Waals surface area contributed by atoms with E-state index in [2.05, 4.69) is 37.4 Å². The molecule has 0 amide bonds. The number of piperidine rings is 1. The summed E-state index contributed by atoms with van der Waals surface area (Å²) in [4.78, 5) is 6.74. The lowest BCUT2D eigenvalue weighted by Gasteiger charge is -2.33. The van der Waals surface area contributed by atoms with Gasteiger partial charge in [0.15, 0.2) is 5.96 Å². The molecule has 1 fully saturated rings. The van der Waals surface area contributed by atoms with Gasteiger partial charge in [-0.1, -0.05) is 6.07 Å². The van der Waals surface area contributed by atoms with Gasteiger partial charge in [-0.25, -0.2) is 8.78 Å². The highest BCUT2D eigenvalue weighted by atomic mass is 32.1. The molecular formula is C20H26F2N4S. The zero-order chi connectivity index (χ0) is 19.1. The van der Waals surface area contributed by atoms with Crippen LogP contribution in [0.1, 0.15) is 24.0 Å². The van der Waals surface area contributed by atoms with E-state index in [9.17, 15) is 8.78 Å². The van der Waals surface area contributed by atoms with E-state index in [1.807, 2.05) is 0 Å². The first-order valence-corrected chi connectivity index (χ1v) is 10.2. The smallest absolute Gasteiger partial charge is 0.191 e. The van der Waals surface area contributed by atoms with Crippen LogP contribution in [-0.4, -0.2) is 43.6 Å². The molecule has 2 N–H and O–H groups in total. The van der Waals surface area contributed by atoms with Crippen molar-refractivity contribution in [2.24, 2.45) is 4.99 Å². The molecule has 0 atom stereocenters. The molecular weight excluding hydrogens is 366 g/mol. The number of hydrogen-bond donors (Lipinski definition) is 2. The third-order valence-electron chi connectivity index (χ3n) is 4.84. The molecule has 0 bridgehead atoms. The first kappa shape index (κ1) is 19.8. The van der Waals surface area contributed by atoms with Gasteiger partial charge in [-0.2, -0.15) is 11.3 Å². The Hall–Kier alpha value is -1.99. The topological polar surface area (TPSA) is 39.7 Å².